The lowest BCUT2D eigenvalue weighted by molar-refractivity contribution is -0.119. The van der Waals surface area contributed by atoms with Crippen molar-refractivity contribution in [1.82, 2.24) is 14.7 Å². The van der Waals surface area contributed by atoms with E-state index in [0.717, 1.165) is 29.9 Å². The highest BCUT2D eigenvalue weighted by molar-refractivity contribution is 7.99. The molecule has 1 unspecified atom stereocenters. The van der Waals surface area contributed by atoms with E-state index in [4.69, 9.17) is 5.11 Å². The Balaban J connectivity index is 1.76. The van der Waals surface area contributed by atoms with Crippen molar-refractivity contribution in [3.63, 3.8) is 0 Å². The Morgan fingerprint density at radius 1 is 1.45 bits per heavy atom. The third-order valence-electron chi connectivity index (χ3n) is 3.33. The zero-order chi connectivity index (χ0) is 15.9. The highest BCUT2D eigenvalue weighted by atomic mass is 32.2. The molecule has 0 saturated carbocycles. The van der Waals surface area contributed by atoms with E-state index < -0.39 is 0 Å². The molecule has 5 nitrogen and oxygen atoms in total. The minimum atomic E-state index is 0.0371. The second-order valence-electron chi connectivity index (χ2n) is 5.53. The Hall–Kier alpha value is -1.53. The van der Waals surface area contributed by atoms with Crippen molar-refractivity contribution in [2.24, 2.45) is 0 Å². The van der Waals surface area contributed by atoms with Gasteiger partial charge in [0.05, 0.1) is 11.4 Å². The second kappa shape index (κ2) is 8.19. The van der Waals surface area contributed by atoms with Crippen LogP contribution >= 0.6 is 11.8 Å². The number of thioether (sulfide) groups is 1. The van der Waals surface area contributed by atoms with Gasteiger partial charge in [0, 0.05) is 30.8 Å². The summed E-state index contributed by atoms with van der Waals surface area (Å²) in [6.45, 7) is 4.18. The van der Waals surface area contributed by atoms with Gasteiger partial charge in [-0.05, 0) is 38.3 Å². The largest absolute Gasteiger partial charge is 0.396 e. The number of nitrogens with one attached hydrogen (secondary N) is 1. The van der Waals surface area contributed by atoms with Crippen LogP contribution in [0.3, 0.4) is 0 Å². The number of carbonyl (C=O) groups is 1. The Morgan fingerprint density at radius 3 is 3.05 bits per heavy atom. The number of hydrogen-bond acceptors (Lipinski definition) is 4. The third kappa shape index (κ3) is 5.03. The van der Waals surface area contributed by atoms with Gasteiger partial charge in [0.25, 0.3) is 0 Å². The normalized spacial score (nSPS) is 12.5. The minimum Gasteiger partial charge on any atom is -0.396 e. The number of nitrogens with zero attached hydrogens (tertiary/aromatic N) is 2. The summed E-state index contributed by atoms with van der Waals surface area (Å²) in [4.78, 5) is 16.3. The predicted octanol–water partition coefficient (Wildman–Crippen LogP) is 2.15. The number of imidazole rings is 1. The molecule has 120 valence electrons. The number of aromatic nitrogens is 2. The first-order chi connectivity index (χ1) is 10.6. The summed E-state index contributed by atoms with van der Waals surface area (Å²) < 4.78 is 2.02. The number of rotatable bonds is 8. The molecule has 6 heteroatoms. The molecule has 0 aromatic carbocycles. The monoisotopic (exact) mass is 321 g/mol. The van der Waals surface area contributed by atoms with Crippen LogP contribution in [0.5, 0.6) is 0 Å². The zero-order valence-electron chi connectivity index (χ0n) is 13.1. The van der Waals surface area contributed by atoms with Crippen LogP contribution in [0.25, 0.3) is 5.65 Å². The van der Waals surface area contributed by atoms with Crippen molar-refractivity contribution in [2.45, 2.75) is 38.5 Å². The lowest BCUT2D eigenvalue weighted by Gasteiger charge is -2.12. The Kier molecular flexibility index (Phi) is 6.27. The molecule has 0 radical (unpaired) electrons. The highest BCUT2D eigenvalue weighted by Crippen LogP contribution is 2.13. The first-order valence-corrected chi connectivity index (χ1v) is 8.66. The van der Waals surface area contributed by atoms with Crippen molar-refractivity contribution < 1.29 is 9.90 Å². The van der Waals surface area contributed by atoms with Crippen LogP contribution in [-0.2, 0) is 10.5 Å². The molecule has 1 amide bonds. The molecule has 2 aromatic heterocycles. The van der Waals surface area contributed by atoms with Crippen LogP contribution in [-0.4, -0.2) is 38.8 Å². The SMILES string of the molecule is Cc1ccc2nc(CSCC(=O)NC(C)CCCO)cn2c1. The van der Waals surface area contributed by atoms with Gasteiger partial charge < -0.3 is 14.8 Å². The molecule has 0 aliphatic heterocycles. The number of aryl methyl sites for hydroxylation is 1. The van der Waals surface area contributed by atoms with Crippen LogP contribution in [0.15, 0.2) is 24.5 Å². The van der Waals surface area contributed by atoms with Gasteiger partial charge in [-0.3, -0.25) is 4.79 Å². The average Bonchev–Trinajstić information content (AvgIpc) is 2.86. The van der Waals surface area contributed by atoms with Crippen molar-refractivity contribution >= 4 is 23.3 Å². The number of aliphatic hydroxyl groups is 1. The van der Waals surface area contributed by atoms with E-state index in [2.05, 4.69) is 17.2 Å². The smallest absolute Gasteiger partial charge is 0.230 e. The maximum absolute atomic E-state index is 11.8. The van der Waals surface area contributed by atoms with E-state index in [1.165, 1.54) is 5.56 Å². The first-order valence-electron chi connectivity index (χ1n) is 7.50. The summed E-state index contributed by atoms with van der Waals surface area (Å²) in [5.41, 5.74) is 3.11. The lowest BCUT2D eigenvalue weighted by Crippen LogP contribution is -2.33. The predicted molar refractivity (Wildman–Crippen MR) is 90.0 cm³/mol. The van der Waals surface area contributed by atoms with Gasteiger partial charge in [0.2, 0.25) is 5.91 Å². The van der Waals surface area contributed by atoms with Gasteiger partial charge >= 0.3 is 0 Å². The van der Waals surface area contributed by atoms with E-state index in [9.17, 15) is 4.79 Å². The summed E-state index contributed by atoms with van der Waals surface area (Å²) in [5.74, 6) is 1.19. The van der Waals surface area contributed by atoms with Crippen molar-refractivity contribution in [1.29, 1.82) is 0 Å². The number of pyridine rings is 1. The summed E-state index contributed by atoms with van der Waals surface area (Å²) in [6.07, 6.45) is 5.58. The second-order valence-corrected chi connectivity index (χ2v) is 6.52. The molecule has 0 spiro atoms. The summed E-state index contributed by atoms with van der Waals surface area (Å²) in [6, 6.07) is 4.15. The number of carbonyl (C=O) groups excluding carboxylic acids is 1. The maximum atomic E-state index is 11.8. The van der Waals surface area contributed by atoms with Crippen LogP contribution in [0, 0.1) is 6.92 Å². The maximum Gasteiger partial charge on any atom is 0.230 e. The van der Waals surface area contributed by atoms with Crippen LogP contribution in [0.2, 0.25) is 0 Å². The Morgan fingerprint density at radius 2 is 2.27 bits per heavy atom. The summed E-state index contributed by atoms with van der Waals surface area (Å²) in [7, 11) is 0. The summed E-state index contributed by atoms with van der Waals surface area (Å²) in [5, 5.41) is 11.7. The van der Waals surface area contributed by atoms with Gasteiger partial charge in [0.15, 0.2) is 0 Å². The molecule has 0 aliphatic carbocycles. The minimum absolute atomic E-state index is 0.0371. The molecule has 0 aliphatic rings. The highest BCUT2D eigenvalue weighted by Gasteiger charge is 2.08. The molecule has 0 fully saturated rings. The Labute approximate surface area is 135 Å². The fourth-order valence-electron chi connectivity index (χ4n) is 2.26. The topological polar surface area (TPSA) is 66.6 Å². The van der Waals surface area contributed by atoms with Crippen molar-refractivity contribution in [3.8, 4) is 0 Å². The summed E-state index contributed by atoms with van der Waals surface area (Å²) >= 11 is 1.56. The quantitative estimate of drug-likeness (QED) is 0.782. The molecular weight excluding hydrogens is 298 g/mol. The van der Waals surface area contributed by atoms with Crippen LogP contribution < -0.4 is 5.32 Å². The van der Waals surface area contributed by atoms with Crippen molar-refractivity contribution in [2.75, 3.05) is 12.4 Å². The van der Waals surface area contributed by atoms with Crippen molar-refractivity contribution in [3.05, 3.63) is 35.8 Å². The molecule has 0 bridgehead atoms. The zero-order valence-corrected chi connectivity index (χ0v) is 13.9. The molecule has 0 saturated heterocycles. The van der Waals surface area contributed by atoms with Gasteiger partial charge in [-0.25, -0.2) is 4.98 Å². The lowest BCUT2D eigenvalue weighted by atomic mass is 10.2. The molecule has 2 aromatic rings. The van der Waals surface area contributed by atoms with Gasteiger partial charge in [-0.1, -0.05) is 6.07 Å². The number of hydrogen-bond donors (Lipinski definition) is 2. The van der Waals surface area contributed by atoms with E-state index in [0.29, 0.717) is 5.75 Å². The number of amides is 1. The number of fused-ring (bicyclic) bond motifs is 1. The molecule has 1 atom stereocenters. The van der Waals surface area contributed by atoms with E-state index in [1.807, 2.05) is 35.9 Å². The molecular formula is C16H23N3O2S. The number of aliphatic hydroxyl groups excluding tert-OH is 1. The van der Waals surface area contributed by atoms with E-state index >= 15 is 0 Å². The fourth-order valence-corrected chi connectivity index (χ4v) is 2.98. The van der Waals surface area contributed by atoms with E-state index in [-0.39, 0.29) is 18.6 Å². The Bertz CT molecular complexity index is 627. The third-order valence-corrected chi connectivity index (χ3v) is 4.30. The van der Waals surface area contributed by atoms with E-state index in [1.54, 1.807) is 11.8 Å². The molecule has 2 heterocycles. The molecule has 2 rings (SSSR count). The standard InChI is InChI=1S/C16H23N3O2S/c1-12-5-6-15-18-14(9-19(15)8-12)10-22-11-16(21)17-13(2)4-3-7-20/h5-6,8-9,13,20H,3-4,7,10-11H2,1-2H3,(H,17,21). The van der Waals surface area contributed by atoms with Gasteiger partial charge in [0.1, 0.15) is 5.65 Å². The van der Waals surface area contributed by atoms with Crippen LogP contribution in [0.1, 0.15) is 31.0 Å². The fraction of sp³-hybridized carbons (Fsp3) is 0.500. The van der Waals surface area contributed by atoms with Gasteiger partial charge in [-0.2, -0.15) is 0 Å². The molecule has 22 heavy (non-hydrogen) atoms. The average molecular weight is 321 g/mol. The first kappa shape index (κ1) is 16.8. The van der Waals surface area contributed by atoms with Gasteiger partial charge in [-0.15, -0.1) is 11.8 Å². The van der Waals surface area contributed by atoms with Crippen LogP contribution in [0.4, 0.5) is 0 Å². The molecule has 2 N–H and O–H groups in total.